The van der Waals surface area contributed by atoms with Crippen LogP contribution in [0.4, 0.5) is 0 Å². The van der Waals surface area contributed by atoms with E-state index >= 15 is 0 Å². The number of rotatable bonds is 5. The lowest BCUT2D eigenvalue weighted by atomic mass is 9.98. The zero-order chi connectivity index (χ0) is 17.6. The Balaban J connectivity index is 0.00000312. The lowest BCUT2D eigenvalue weighted by molar-refractivity contribution is 0.0276. The first-order valence-corrected chi connectivity index (χ1v) is 10.8. The number of guanidine groups is 1. The van der Waals surface area contributed by atoms with Crippen LogP contribution in [0.2, 0.25) is 0 Å². The van der Waals surface area contributed by atoms with Crippen LogP contribution in [-0.4, -0.2) is 69.2 Å². The Morgan fingerprint density at radius 1 is 1.28 bits per heavy atom. The first-order valence-electron chi connectivity index (χ1n) is 9.15. The number of nitrogens with zero attached hydrogens (tertiary/aromatic N) is 2. The van der Waals surface area contributed by atoms with Crippen LogP contribution < -0.4 is 5.32 Å². The third kappa shape index (κ3) is 6.53. The average molecular weight is 487 g/mol. The number of nitrogens with one attached hydrogen (secondary N) is 1. The van der Waals surface area contributed by atoms with E-state index < -0.39 is 14.6 Å². The molecule has 2 rings (SSSR count). The molecule has 148 valence electrons. The van der Waals surface area contributed by atoms with Crippen molar-refractivity contribution in [1.82, 2.24) is 10.2 Å². The van der Waals surface area contributed by atoms with Gasteiger partial charge in [-0.25, -0.2) is 8.42 Å². The van der Waals surface area contributed by atoms with Gasteiger partial charge in [-0.05, 0) is 33.1 Å². The van der Waals surface area contributed by atoms with Crippen molar-refractivity contribution in [3.63, 3.8) is 0 Å². The third-order valence-electron chi connectivity index (χ3n) is 5.06. The number of hydrogen-bond acceptors (Lipinski definition) is 4. The SMILES string of the molecule is CN=C(NCCCOC1CCCCC1)N1CCS(=O)(=O)C(C)(C)C1.I. The molecular formula is C17H34IN3O3S. The van der Waals surface area contributed by atoms with Gasteiger partial charge in [-0.1, -0.05) is 19.3 Å². The molecule has 1 aliphatic carbocycles. The zero-order valence-corrected chi connectivity index (χ0v) is 18.9. The first kappa shape index (κ1) is 23.0. The van der Waals surface area contributed by atoms with Crippen molar-refractivity contribution in [3.8, 4) is 0 Å². The van der Waals surface area contributed by atoms with Gasteiger partial charge in [0.05, 0.1) is 16.6 Å². The monoisotopic (exact) mass is 487 g/mol. The third-order valence-corrected chi connectivity index (χ3v) is 7.60. The zero-order valence-electron chi connectivity index (χ0n) is 15.8. The standard InChI is InChI=1S/C17H33N3O3S.HI/c1-17(2)14-20(11-13-24(17,21)22)16(18-3)19-10-7-12-23-15-8-5-4-6-9-15;/h15H,4-14H2,1-3H3,(H,18,19);1H. The number of aliphatic imine (C=N–C) groups is 1. The van der Waals surface area contributed by atoms with Crippen LogP contribution in [0, 0.1) is 0 Å². The van der Waals surface area contributed by atoms with E-state index in [0.717, 1.165) is 25.5 Å². The molecule has 0 amide bonds. The summed E-state index contributed by atoms with van der Waals surface area (Å²) >= 11 is 0. The van der Waals surface area contributed by atoms with Crippen LogP contribution in [-0.2, 0) is 14.6 Å². The predicted octanol–water partition coefficient (Wildman–Crippen LogP) is 2.43. The highest BCUT2D eigenvalue weighted by Crippen LogP contribution is 2.23. The minimum Gasteiger partial charge on any atom is -0.378 e. The van der Waals surface area contributed by atoms with E-state index in [1.165, 1.54) is 32.1 Å². The normalized spacial score (nSPS) is 23.8. The molecule has 2 fully saturated rings. The van der Waals surface area contributed by atoms with Gasteiger partial charge in [-0.15, -0.1) is 24.0 Å². The fourth-order valence-corrected chi connectivity index (χ4v) is 4.78. The predicted molar refractivity (Wildman–Crippen MR) is 114 cm³/mol. The van der Waals surface area contributed by atoms with Gasteiger partial charge in [0.25, 0.3) is 0 Å². The van der Waals surface area contributed by atoms with Crippen LogP contribution in [0.25, 0.3) is 0 Å². The molecule has 1 aliphatic heterocycles. The molecule has 6 nitrogen and oxygen atoms in total. The molecular weight excluding hydrogens is 453 g/mol. The van der Waals surface area contributed by atoms with Crippen molar-refractivity contribution in [1.29, 1.82) is 0 Å². The smallest absolute Gasteiger partial charge is 0.193 e. The van der Waals surface area contributed by atoms with Crippen LogP contribution >= 0.6 is 24.0 Å². The van der Waals surface area contributed by atoms with E-state index in [2.05, 4.69) is 10.3 Å². The molecule has 2 aliphatic rings. The van der Waals surface area contributed by atoms with Gasteiger partial charge in [0, 0.05) is 33.3 Å². The molecule has 0 aromatic carbocycles. The molecule has 0 atom stereocenters. The van der Waals surface area contributed by atoms with Crippen molar-refractivity contribution < 1.29 is 13.2 Å². The number of hydrogen-bond donors (Lipinski definition) is 1. The molecule has 0 spiro atoms. The fraction of sp³-hybridized carbons (Fsp3) is 0.941. The molecule has 0 unspecified atom stereocenters. The highest BCUT2D eigenvalue weighted by Gasteiger charge is 2.40. The van der Waals surface area contributed by atoms with Crippen LogP contribution in [0.1, 0.15) is 52.4 Å². The average Bonchev–Trinajstić information content (AvgIpc) is 2.55. The Bertz CT molecular complexity index is 531. The van der Waals surface area contributed by atoms with Crippen molar-refractivity contribution in [2.75, 3.05) is 39.0 Å². The summed E-state index contributed by atoms with van der Waals surface area (Å²) in [5.41, 5.74) is 0. The summed E-state index contributed by atoms with van der Waals surface area (Å²) < 4.78 is 29.4. The minimum absolute atomic E-state index is 0. The van der Waals surface area contributed by atoms with Crippen LogP contribution in [0.3, 0.4) is 0 Å². The minimum atomic E-state index is -3.02. The summed E-state index contributed by atoms with van der Waals surface area (Å²) in [6.07, 6.45) is 7.72. The molecule has 0 radical (unpaired) electrons. The van der Waals surface area contributed by atoms with Crippen molar-refractivity contribution in [2.24, 2.45) is 4.99 Å². The summed E-state index contributed by atoms with van der Waals surface area (Å²) in [6.45, 7) is 6.13. The summed E-state index contributed by atoms with van der Waals surface area (Å²) in [6, 6.07) is 0. The lowest BCUT2D eigenvalue weighted by Gasteiger charge is -2.39. The van der Waals surface area contributed by atoms with E-state index in [1.807, 2.05) is 4.90 Å². The lowest BCUT2D eigenvalue weighted by Crippen LogP contribution is -2.57. The number of halogens is 1. The number of sulfone groups is 1. The van der Waals surface area contributed by atoms with E-state index in [9.17, 15) is 8.42 Å². The van der Waals surface area contributed by atoms with E-state index in [1.54, 1.807) is 20.9 Å². The molecule has 1 heterocycles. The molecule has 0 bridgehead atoms. The highest BCUT2D eigenvalue weighted by molar-refractivity contribution is 14.0. The van der Waals surface area contributed by atoms with E-state index in [-0.39, 0.29) is 29.7 Å². The second-order valence-electron chi connectivity index (χ2n) is 7.46. The summed E-state index contributed by atoms with van der Waals surface area (Å²) in [5.74, 6) is 0.974. The van der Waals surface area contributed by atoms with Crippen LogP contribution in [0.15, 0.2) is 4.99 Å². The Hall–Kier alpha value is -0.0900. The second kappa shape index (κ2) is 10.3. The maximum atomic E-state index is 12.1. The van der Waals surface area contributed by atoms with Gasteiger partial charge in [0.2, 0.25) is 0 Å². The van der Waals surface area contributed by atoms with Gasteiger partial charge >= 0.3 is 0 Å². The molecule has 25 heavy (non-hydrogen) atoms. The maximum absolute atomic E-state index is 12.1. The first-order chi connectivity index (χ1) is 11.4. The Labute approximate surface area is 170 Å². The Kier molecular flexibility index (Phi) is 9.45. The van der Waals surface area contributed by atoms with Crippen molar-refractivity contribution >= 4 is 39.8 Å². The fourth-order valence-electron chi connectivity index (χ4n) is 3.41. The van der Waals surface area contributed by atoms with Crippen LogP contribution in [0.5, 0.6) is 0 Å². The Morgan fingerprint density at radius 3 is 2.56 bits per heavy atom. The molecule has 0 aromatic heterocycles. The second-order valence-corrected chi connectivity index (χ2v) is 10.2. The topological polar surface area (TPSA) is 71.0 Å². The molecule has 1 saturated heterocycles. The van der Waals surface area contributed by atoms with E-state index in [0.29, 0.717) is 19.2 Å². The molecule has 1 N–H and O–H groups in total. The molecule has 0 aromatic rings. The quantitative estimate of drug-likeness (QED) is 0.279. The van der Waals surface area contributed by atoms with Gasteiger partial charge < -0.3 is 15.0 Å². The van der Waals surface area contributed by atoms with Gasteiger partial charge in [-0.3, -0.25) is 4.99 Å². The van der Waals surface area contributed by atoms with Crippen molar-refractivity contribution in [2.45, 2.75) is 63.2 Å². The van der Waals surface area contributed by atoms with Gasteiger partial charge in [0.15, 0.2) is 15.8 Å². The van der Waals surface area contributed by atoms with Gasteiger partial charge in [-0.2, -0.15) is 0 Å². The summed E-state index contributed by atoms with van der Waals surface area (Å²) in [5, 5.41) is 3.34. The van der Waals surface area contributed by atoms with E-state index in [4.69, 9.17) is 4.74 Å². The summed E-state index contributed by atoms with van der Waals surface area (Å²) in [4.78, 5) is 6.35. The molecule has 8 heteroatoms. The maximum Gasteiger partial charge on any atom is 0.193 e. The summed E-state index contributed by atoms with van der Waals surface area (Å²) in [7, 11) is -1.27. The molecule has 1 saturated carbocycles. The Morgan fingerprint density at radius 2 is 1.96 bits per heavy atom. The highest BCUT2D eigenvalue weighted by atomic mass is 127. The van der Waals surface area contributed by atoms with Crippen molar-refractivity contribution in [3.05, 3.63) is 0 Å². The largest absolute Gasteiger partial charge is 0.378 e. The van der Waals surface area contributed by atoms with Gasteiger partial charge in [0.1, 0.15) is 0 Å². The number of ether oxygens (including phenoxy) is 1.